The van der Waals surface area contributed by atoms with E-state index in [1.807, 2.05) is 43.3 Å². The van der Waals surface area contributed by atoms with Gasteiger partial charge in [0.1, 0.15) is 17.3 Å². The van der Waals surface area contributed by atoms with Gasteiger partial charge in [-0.15, -0.1) is 0 Å². The summed E-state index contributed by atoms with van der Waals surface area (Å²) in [5, 5.41) is 3.20. The molecule has 0 unspecified atom stereocenters. The predicted molar refractivity (Wildman–Crippen MR) is 83.2 cm³/mol. The van der Waals surface area contributed by atoms with Crippen LogP contribution in [0.25, 0.3) is 0 Å². The standard InChI is InChI=1S/C15H20N4O2/c1-19(2)14-7-8-16-15(18-14)17-10-11-9-12(20-3)5-6-13(11)21-4/h5-9H,10H2,1-4H3,(H,16,17,18). The molecule has 0 aliphatic heterocycles. The minimum atomic E-state index is 0.553. The second-order valence-electron chi connectivity index (χ2n) is 4.66. The molecule has 1 aromatic carbocycles. The number of aromatic nitrogens is 2. The molecule has 0 spiro atoms. The summed E-state index contributed by atoms with van der Waals surface area (Å²) >= 11 is 0. The van der Waals surface area contributed by atoms with E-state index < -0.39 is 0 Å². The van der Waals surface area contributed by atoms with Crippen LogP contribution in [0.3, 0.4) is 0 Å². The second-order valence-corrected chi connectivity index (χ2v) is 4.66. The highest BCUT2D eigenvalue weighted by atomic mass is 16.5. The van der Waals surface area contributed by atoms with Crippen LogP contribution in [0.4, 0.5) is 11.8 Å². The van der Waals surface area contributed by atoms with Crippen LogP contribution in [0, 0.1) is 0 Å². The fraction of sp³-hybridized carbons (Fsp3) is 0.333. The Morgan fingerprint density at radius 2 is 1.95 bits per heavy atom. The highest BCUT2D eigenvalue weighted by molar-refractivity contribution is 5.44. The van der Waals surface area contributed by atoms with Gasteiger partial charge in [-0.2, -0.15) is 4.98 Å². The molecule has 21 heavy (non-hydrogen) atoms. The number of benzene rings is 1. The van der Waals surface area contributed by atoms with Gasteiger partial charge in [-0.05, 0) is 24.3 Å². The first-order valence-corrected chi connectivity index (χ1v) is 6.59. The van der Waals surface area contributed by atoms with E-state index in [-0.39, 0.29) is 0 Å². The number of hydrogen-bond acceptors (Lipinski definition) is 6. The van der Waals surface area contributed by atoms with E-state index in [9.17, 15) is 0 Å². The number of ether oxygens (including phenoxy) is 2. The zero-order valence-corrected chi connectivity index (χ0v) is 12.8. The summed E-state index contributed by atoms with van der Waals surface area (Å²) in [6.07, 6.45) is 1.73. The van der Waals surface area contributed by atoms with E-state index in [2.05, 4.69) is 15.3 Å². The van der Waals surface area contributed by atoms with Gasteiger partial charge >= 0.3 is 0 Å². The number of nitrogens with zero attached hydrogens (tertiary/aromatic N) is 3. The lowest BCUT2D eigenvalue weighted by atomic mass is 10.2. The Morgan fingerprint density at radius 1 is 1.14 bits per heavy atom. The molecule has 6 heteroatoms. The average Bonchev–Trinajstić information content (AvgIpc) is 2.52. The molecule has 2 aromatic rings. The molecule has 1 N–H and O–H groups in total. The number of anilines is 2. The third kappa shape index (κ3) is 3.75. The van der Waals surface area contributed by atoms with Crippen molar-refractivity contribution < 1.29 is 9.47 Å². The minimum Gasteiger partial charge on any atom is -0.497 e. The summed E-state index contributed by atoms with van der Waals surface area (Å²) < 4.78 is 10.6. The molecule has 112 valence electrons. The van der Waals surface area contributed by atoms with Gasteiger partial charge in [0, 0.05) is 32.4 Å². The lowest BCUT2D eigenvalue weighted by molar-refractivity contribution is 0.399. The fourth-order valence-corrected chi connectivity index (χ4v) is 1.88. The maximum Gasteiger partial charge on any atom is 0.224 e. The summed E-state index contributed by atoms with van der Waals surface area (Å²) in [6.45, 7) is 0.553. The number of nitrogens with one attached hydrogen (secondary N) is 1. The first kappa shape index (κ1) is 14.9. The summed E-state index contributed by atoms with van der Waals surface area (Å²) in [6, 6.07) is 7.54. The highest BCUT2D eigenvalue weighted by Crippen LogP contribution is 2.24. The molecule has 0 radical (unpaired) electrons. The Hall–Kier alpha value is -2.50. The van der Waals surface area contributed by atoms with Crippen molar-refractivity contribution in [3.05, 3.63) is 36.0 Å². The van der Waals surface area contributed by atoms with E-state index in [0.717, 1.165) is 22.9 Å². The average molecular weight is 288 g/mol. The molecule has 1 heterocycles. The third-order valence-electron chi connectivity index (χ3n) is 3.02. The summed E-state index contributed by atoms with van der Waals surface area (Å²) in [7, 11) is 7.17. The van der Waals surface area contributed by atoms with Crippen LogP contribution in [0.2, 0.25) is 0 Å². The van der Waals surface area contributed by atoms with Crippen molar-refractivity contribution in [3.63, 3.8) is 0 Å². The molecule has 0 aliphatic rings. The van der Waals surface area contributed by atoms with Gasteiger partial charge < -0.3 is 19.7 Å². The van der Waals surface area contributed by atoms with Crippen molar-refractivity contribution in [1.82, 2.24) is 9.97 Å². The smallest absolute Gasteiger partial charge is 0.224 e. The van der Waals surface area contributed by atoms with Gasteiger partial charge in [0.25, 0.3) is 0 Å². The van der Waals surface area contributed by atoms with Crippen LogP contribution in [0.15, 0.2) is 30.5 Å². The molecule has 0 aliphatic carbocycles. The Labute approximate surface area is 124 Å². The predicted octanol–water partition coefficient (Wildman–Crippen LogP) is 2.17. The first-order chi connectivity index (χ1) is 10.1. The third-order valence-corrected chi connectivity index (χ3v) is 3.02. The van der Waals surface area contributed by atoms with Crippen LogP contribution >= 0.6 is 0 Å². The van der Waals surface area contributed by atoms with Gasteiger partial charge in [0.15, 0.2) is 0 Å². The fourth-order valence-electron chi connectivity index (χ4n) is 1.88. The van der Waals surface area contributed by atoms with Crippen molar-refractivity contribution in [3.8, 4) is 11.5 Å². The van der Waals surface area contributed by atoms with Crippen LogP contribution in [0.1, 0.15) is 5.56 Å². The van der Waals surface area contributed by atoms with Crippen molar-refractivity contribution >= 4 is 11.8 Å². The van der Waals surface area contributed by atoms with Crippen molar-refractivity contribution in [2.45, 2.75) is 6.54 Å². The molecular formula is C15H20N4O2. The molecule has 0 bridgehead atoms. The van der Waals surface area contributed by atoms with Crippen LogP contribution < -0.4 is 19.7 Å². The summed E-state index contributed by atoms with van der Waals surface area (Å²) in [4.78, 5) is 10.6. The SMILES string of the molecule is COc1ccc(OC)c(CNc2nccc(N(C)C)n2)c1. The van der Waals surface area contributed by atoms with Gasteiger partial charge in [-0.25, -0.2) is 4.98 Å². The lowest BCUT2D eigenvalue weighted by Gasteiger charge is -2.13. The van der Waals surface area contributed by atoms with E-state index in [1.54, 1.807) is 20.4 Å². The minimum absolute atomic E-state index is 0.553. The van der Waals surface area contributed by atoms with E-state index in [0.29, 0.717) is 12.5 Å². The first-order valence-electron chi connectivity index (χ1n) is 6.59. The van der Waals surface area contributed by atoms with E-state index in [4.69, 9.17) is 9.47 Å². The normalized spacial score (nSPS) is 10.1. The van der Waals surface area contributed by atoms with Crippen LogP contribution in [-0.2, 0) is 6.54 Å². The Morgan fingerprint density at radius 3 is 2.62 bits per heavy atom. The number of methoxy groups -OCH3 is 2. The van der Waals surface area contributed by atoms with Crippen molar-refractivity contribution in [2.75, 3.05) is 38.5 Å². The quantitative estimate of drug-likeness (QED) is 0.879. The van der Waals surface area contributed by atoms with Crippen LogP contribution in [-0.4, -0.2) is 38.3 Å². The van der Waals surface area contributed by atoms with Crippen molar-refractivity contribution in [2.24, 2.45) is 0 Å². The monoisotopic (exact) mass is 288 g/mol. The van der Waals surface area contributed by atoms with Crippen LogP contribution in [0.5, 0.6) is 11.5 Å². The molecule has 0 amide bonds. The molecule has 2 rings (SSSR count). The molecule has 6 nitrogen and oxygen atoms in total. The molecule has 1 aromatic heterocycles. The summed E-state index contributed by atoms with van der Waals surface area (Å²) in [5.74, 6) is 3.01. The highest BCUT2D eigenvalue weighted by Gasteiger charge is 2.06. The second kappa shape index (κ2) is 6.78. The topological polar surface area (TPSA) is 59.5 Å². The zero-order chi connectivity index (χ0) is 15.2. The van der Waals surface area contributed by atoms with Gasteiger partial charge in [-0.3, -0.25) is 0 Å². The maximum atomic E-state index is 5.35. The molecule has 0 saturated heterocycles. The maximum absolute atomic E-state index is 5.35. The number of hydrogen-bond donors (Lipinski definition) is 1. The van der Waals surface area contributed by atoms with Gasteiger partial charge in [0.05, 0.1) is 14.2 Å². The molecule has 0 fully saturated rings. The Bertz CT molecular complexity index is 602. The number of rotatable bonds is 6. The van der Waals surface area contributed by atoms with Gasteiger partial charge in [0.2, 0.25) is 5.95 Å². The zero-order valence-electron chi connectivity index (χ0n) is 12.8. The molecule has 0 saturated carbocycles. The Balaban J connectivity index is 2.14. The van der Waals surface area contributed by atoms with Gasteiger partial charge in [-0.1, -0.05) is 0 Å². The Kier molecular flexibility index (Phi) is 4.81. The van der Waals surface area contributed by atoms with Crippen molar-refractivity contribution in [1.29, 1.82) is 0 Å². The van der Waals surface area contributed by atoms with E-state index in [1.165, 1.54) is 0 Å². The van der Waals surface area contributed by atoms with E-state index >= 15 is 0 Å². The molecular weight excluding hydrogens is 268 g/mol. The molecule has 0 atom stereocenters. The summed E-state index contributed by atoms with van der Waals surface area (Å²) in [5.41, 5.74) is 0.982. The largest absolute Gasteiger partial charge is 0.497 e. The lowest BCUT2D eigenvalue weighted by Crippen LogP contribution is -2.12.